The lowest BCUT2D eigenvalue weighted by Gasteiger charge is -2.10. The second kappa shape index (κ2) is 12.6. The summed E-state index contributed by atoms with van der Waals surface area (Å²) in [6, 6.07) is 0. The molecule has 4 nitrogen and oxygen atoms in total. The van der Waals surface area contributed by atoms with Crippen LogP contribution in [0.4, 0.5) is 0 Å². The van der Waals surface area contributed by atoms with E-state index in [-0.39, 0.29) is 12.7 Å². The van der Waals surface area contributed by atoms with Crippen molar-refractivity contribution >= 4 is 6.29 Å². The van der Waals surface area contributed by atoms with E-state index in [0.717, 1.165) is 12.7 Å². The monoisotopic (exact) mass is 206 g/mol. The molecule has 0 radical (unpaired) electrons. The molecule has 0 heterocycles. The highest BCUT2D eigenvalue weighted by Crippen LogP contribution is 1.90. The van der Waals surface area contributed by atoms with Gasteiger partial charge in [0.05, 0.1) is 25.4 Å². The van der Waals surface area contributed by atoms with Crippen molar-refractivity contribution in [3.05, 3.63) is 0 Å². The minimum absolute atomic E-state index is 0.00667. The number of hydrogen-bond acceptors (Lipinski definition) is 4. The van der Waals surface area contributed by atoms with Crippen LogP contribution in [0.2, 0.25) is 0 Å². The normalized spacial score (nSPS) is 13.8. The first-order chi connectivity index (χ1) is 6.58. The molecule has 0 saturated heterocycles. The molecule has 0 fully saturated rings. The van der Waals surface area contributed by atoms with Crippen LogP contribution in [0, 0.1) is 0 Å². The van der Waals surface area contributed by atoms with Crippen LogP contribution in [0.1, 0.15) is 33.6 Å². The van der Waals surface area contributed by atoms with Gasteiger partial charge in [0.2, 0.25) is 0 Å². The lowest BCUT2D eigenvalue weighted by atomic mass is 10.4. The Morgan fingerprint density at radius 2 is 2.00 bits per heavy atom. The summed E-state index contributed by atoms with van der Waals surface area (Å²) < 4.78 is 4.95. The van der Waals surface area contributed by atoms with Gasteiger partial charge in [0.15, 0.2) is 0 Å². The van der Waals surface area contributed by atoms with Crippen LogP contribution in [-0.2, 0) is 9.53 Å². The summed E-state index contributed by atoms with van der Waals surface area (Å²) in [4.78, 5) is 9.40. The molecule has 0 spiro atoms. The first kappa shape index (κ1) is 16.0. The molecule has 14 heavy (non-hydrogen) atoms. The Kier molecular flexibility index (Phi) is 14.3. The van der Waals surface area contributed by atoms with Crippen molar-refractivity contribution < 1.29 is 19.7 Å². The number of aliphatic hydroxyl groups is 2. The van der Waals surface area contributed by atoms with Crippen LogP contribution < -0.4 is 0 Å². The van der Waals surface area contributed by atoms with Crippen molar-refractivity contribution in [3.63, 3.8) is 0 Å². The van der Waals surface area contributed by atoms with E-state index in [1.165, 1.54) is 0 Å². The van der Waals surface area contributed by atoms with E-state index in [1.807, 2.05) is 6.92 Å². The molecule has 0 aliphatic rings. The third-order valence-electron chi connectivity index (χ3n) is 1.29. The zero-order valence-electron chi connectivity index (χ0n) is 9.27. The van der Waals surface area contributed by atoms with Gasteiger partial charge in [0.25, 0.3) is 0 Å². The summed E-state index contributed by atoms with van der Waals surface area (Å²) >= 11 is 0. The number of aliphatic hydroxyl groups excluding tert-OH is 2. The quantitative estimate of drug-likeness (QED) is 0.629. The van der Waals surface area contributed by atoms with Crippen LogP contribution in [0.3, 0.4) is 0 Å². The minimum atomic E-state index is -0.445. The van der Waals surface area contributed by atoms with Crippen molar-refractivity contribution in [2.45, 2.75) is 45.8 Å². The van der Waals surface area contributed by atoms with E-state index in [0.29, 0.717) is 13.0 Å². The average Bonchev–Trinajstić information content (AvgIpc) is 2.16. The summed E-state index contributed by atoms with van der Waals surface area (Å²) in [7, 11) is 0. The molecule has 0 aromatic heterocycles. The topological polar surface area (TPSA) is 66.8 Å². The fraction of sp³-hybridized carbons (Fsp3) is 0.900. The number of ether oxygens (including phenoxy) is 1. The van der Waals surface area contributed by atoms with E-state index >= 15 is 0 Å². The number of unbranched alkanes of at least 4 members (excludes halogenated alkanes) is 1. The Balaban J connectivity index is 0. The van der Waals surface area contributed by atoms with Gasteiger partial charge in [0, 0.05) is 6.42 Å². The Morgan fingerprint density at radius 1 is 1.43 bits per heavy atom. The molecule has 0 saturated carbocycles. The van der Waals surface area contributed by atoms with Crippen LogP contribution in [0.15, 0.2) is 0 Å². The third kappa shape index (κ3) is 17.6. The molecule has 0 rings (SSSR count). The first-order valence-corrected chi connectivity index (χ1v) is 4.92. The van der Waals surface area contributed by atoms with Gasteiger partial charge >= 0.3 is 0 Å². The van der Waals surface area contributed by atoms with Gasteiger partial charge in [-0.05, 0) is 20.3 Å². The largest absolute Gasteiger partial charge is 0.394 e. The lowest BCUT2D eigenvalue weighted by molar-refractivity contribution is -0.107. The van der Waals surface area contributed by atoms with E-state index in [2.05, 4.69) is 0 Å². The Bertz CT molecular complexity index is 115. The molecule has 4 heteroatoms. The molecular weight excluding hydrogens is 184 g/mol. The van der Waals surface area contributed by atoms with Gasteiger partial charge in [-0.25, -0.2) is 0 Å². The summed E-state index contributed by atoms with van der Waals surface area (Å²) in [5.74, 6) is 0. The number of carbonyl (C=O) groups is 1. The van der Waals surface area contributed by atoms with Gasteiger partial charge in [-0.3, -0.25) is 0 Å². The van der Waals surface area contributed by atoms with Gasteiger partial charge in [0.1, 0.15) is 6.29 Å². The zero-order chi connectivity index (χ0) is 11.4. The summed E-state index contributed by atoms with van der Waals surface area (Å²) in [5, 5.41) is 17.1. The van der Waals surface area contributed by atoms with Crippen molar-refractivity contribution in [1.29, 1.82) is 0 Å². The highest BCUT2D eigenvalue weighted by molar-refractivity contribution is 5.48. The zero-order valence-corrected chi connectivity index (χ0v) is 9.27. The molecule has 2 unspecified atom stereocenters. The molecule has 0 aliphatic carbocycles. The Labute approximate surface area is 85.9 Å². The first-order valence-electron chi connectivity index (χ1n) is 4.92. The van der Waals surface area contributed by atoms with Crippen LogP contribution in [-0.4, -0.2) is 41.9 Å². The smallest absolute Gasteiger partial charge is 0.119 e. The van der Waals surface area contributed by atoms with Gasteiger partial charge in [-0.1, -0.05) is 6.92 Å². The molecule has 0 bridgehead atoms. The fourth-order valence-electron chi connectivity index (χ4n) is 0.474. The molecule has 2 N–H and O–H groups in total. The van der Waals surface area contributed by atoms with Crippen LogP contribution in [0.25, 0.3) is 0 Å². The standard InChI is InChI=1S/C6H14O3.C4H8O/c1-5(8)4-9-6(2)3-7;1-2-3-4-5/h5-8H,3-4H2,1-2H3;4H,2-3H2,1H3. The molecule has 0 aliphatic heterocycles. The Hall–Kier alpha value is -0.450. The second-order valence-electron chi connectivity index (χ2n) is 3.13. The van der Waals surface area contributed by atoms with Crippen molar-refractivity contribution in [1.82, 2.24) is 0 Å². The summed E-state index contributed by atoms with van der Waals surface area (Å²) in [6.45, 7) is 5.68. The molecule has 2 atom stereocenters. The van der Waals surface area contributed by atoms with Crippen molar-refractivity contribution in [2.75, 3.05) is 13.2 Å². The van der Waals surface area contributed by atoms with E-state index < -0.39 is 6.10 Å². The van der Waals surface area contributed by atoms with Gasteiger partial charge in [-0.15, -0.1) is 0 Å². The van der Waals surface area contributed by atoms with Crippen LogP contribution >= 0.6 is 0 Å². The number of hydrogen-bond donors (Lipinski definition) is 2. The molecule has 86 valence electrons. The maximum Gasteiger partial charge on any atom is 0.119 e. The van der Waals surface area contributed by atoms with E-state index in [9.17, 15) is 4.79 Å². The highest BCUT2D eigenvalue weighted by Gasteiger charge is 2.00. The average molecular weight is 206 g/mol. The maximum absolute atomic E-state index is 9.40. The van der Waals surface area contributed by atoms with E-state index in [4.69, 9.17) is 14.9 Å². The minimum Gasteiger partial charge on any atom is -0.394 e. The highest BCUT2D eigenvalue weighted by atomic mass is 16.5. The fourth-order valence-corrected chi connectivity index (χ4v) is 0.474. The van der Waals surface area contributed by atoms with Gasteiger partial charge < -0.3 is 19.7 Å². The number of carbonyl (C=O) groups excluding carboxylic acids is 1. The summed E-state index contributed by atoms with van der Waals surface area (Å²) in [5.41, 5.74) is 0. The lowest BCUT2D eigenvalue weighted by Crippen LogP contribution is -2.19. The number of rotatable bonds is 6. The molecule has 0 amide bonds. The van der Waals surface area contributed by atoms with Crippen LogP contribution in [0.5, 0.6) is 0 Å². The third-order valence-corrected chi connectivity index (χ3v) is 1.29. The molecular formula is C10H22O4. The number of aldehydes is 1. The van der Waals surface area contributed by atoms with Gasteiger partial charge in [-0.2, -0.15) is 0 Å². The summed E-state index contributed by atoms with van der Waals surface area (Å²) in [6.07, 6.45) is 2.00. The molecule has 0 aromatic rings. The van der Waals surface area contributed by atoms with Crippen molar-refractivity contribution in [2.24, 2.45) is 0 Å². The second-order valence-corrected chi connectivity index (χ2v) is 3.13. The maximum atomic E-state index is 9.40. The van der Waals surface area contributed by atoms with E-state index in [1.54, 1.807) is 13.8 Å². The predicted molar refractivity (Wildman–Crippen MR) is 55.2 cm³/mol. The Morgan fingerprint density at radius 3 is 2.21 bits per heavy atom. The predicted octanol–water partition coefficient (Wildman–Crippen LogP) is 0.750. The molecule has 0 aromatic carbocycles. The van der Waals surface area contributed by atoms with Crippen molar-refractivity contribution in [3.8, 4) is 0 Å². The SMILES string of the molecule is CC(O)COC(C)CO.CCCC=O.